The van der Waals surface area contributed by atoms with Gasteiger partial charge < -0.3 is 5.32 Å². The zero-order valence-corrected chi connectivity index (χ0v) is 7.91. The molecule has 1 heterocycles. The van der Waals surface area contributed by atoms with Gasteiger partial charge in [-0.1, -0.05) is 19.9 Å². The molecule has 66 valence electrons. The minimum absolute atomic E-state index is 0. The van der Waals surface area contributed by atoms with E-state index in [1.54, 1.807) is 0 Å². The molecule has 0 aromatic rings. The summed E-state index contributed by atoms with van der Waals surface area (Å²) in [6, 6.07) is 0. The van der Waals surface area contributed by atoms with Crippen LogP contribution in [0.3, 0.4) is 0 Å². The summed E-state index contributed by atoms with van der Waals surface area (Å²) >= 11 is 0. The van der Waals surface area contributed by atoms with Gasteiger partial charge in [0.25, 0.3) is 0 Å². The molecule has 2 rings (SSSR count). The second-order valence-corrected chi connectivity index (χ2v) is 3.44. The van der Waals surface area contributed by atoms with Crippen molar-refractivity contribution in [2.45, 2.75) is 40.0 Å². The van der Waals surface area contributed by atoms with E-state index in [0.29, 0.717) is 0 Å². The lowest BCUT2D eigenvalue weighted by Gasteiger charge is -2.20. The third-order valence-corrected chi connectivity index (χ3v) is 2.54. The third-order valence-electron chi connectivity index (χ3n) is 2.54. The first kappa shape index (κ1) is 8.63. The lowest BCUT2D eigenvalue weighted by Crippen LogP contribution is -2.26. The molecule has 0 aromatic carbocycles. The van der Waals surface area contributed by atoms with E-state index in [1.807, 2.05) is 13.8 Å². The largest absolute Gasteiger partial charge is 0.388 e. The van der Waals surface area contributed by atoms with Crippen molar-refractivity contribution in [3.8, 4) is 0 Å². The molecule has 0 radical (unpaired) electrons. The highest BCUT2D eigenvalue weighted by molar-refractivity contribution is 5.11. The highest BCUT2D eigenvalue weighted by atomic mass is 14.9. The van der Waals surface area contributed by atoms with E-state index in [0.717, 1.165) is 5.41 Å². The highest BCUT2D eigenvalue weighted by Gasteiger charge is 2.42. The predicted octanol–water partition coefficient (Wildman–Crippen LogP) is 2.94. The number of rotatable bonds is 0. The summed E-state index contributed by atoms with van der Waals surface area (Å²) in [5, 5.41) is 3.40. The first-order valence-electron chi connectivity index (χ1n) is 4.71. The number of allylic oxidation sites excluding steroid dienone is 2. The molecule has 0 unspecified atom stereocenters. The molecule has 11 heavy (non-hydrogen) atoms. The minimum atomic E-state index is 0. The molecule has 1 spiro atoms. The predicted molar refractivity (Wildman–Crippen MR) is 51.5 cm³/mol. The standard InChI is InChI=1S/C8H13N.C2H6.H2/c1-7-2-3-8(4-5-8)6-9-7;1-2;/h2,9H,3-6H2,1H3;1-2H3;1H. The Morgan fingerprint density at radius 2 is 2.09 bits per heavy atom. The van der Waals surface area contributed by atoms with Crippen molar-refractivity contribution in [1.29, 1.82) is 0 Å². The average Bonchev–Trinajstić information content (AvgIpc) is 2.81. The maximum absolute atomic E-state index is 3.40. The fourth-order valence-corrected chi connectivity index (χ4v) is 1.40. The average molecular weight is 155 g/mol. The Morgan fingerprint density at radius 3 is 2.45 bits per heavy atom. The summed E-state index contributed by atoms with van der Waals surface area (Å²) in [7, 11) is 0. The van der Waals surface area contributed by atoms with Crippen LogP contribution in [0.25, 0.3) is 0 Å². The van der Waals surface area contributed by atoms with Gasteiger partial charge in [-0.25, -0.2) is 0 Å². The van der Waals surface area contributed by atoms with Crippen molar-refractivity contribution < 1.29 is 1.43 Å². The zero-order chi connectivity index (χ0) is 8.32. The van der Waals surface area contributed by atoms with Crippen molar-refractivity contribution in [2.75, 3.05) is 6.54 Å². The second kappa shape index (κ2) is 3.29. The molecule has 0 aromatic heterocycles. The molecule has 0 bridgehead atoms. The van der Waals surface area contributed by atoms with Crippen LogP contribution in [-0.4, -0.2) is 6.54 Å². The van der Waals surface area contributed by atoms with Crippen LogP contribution < -0.4 is 5.32 Å². The molecule has 1 heteroatoms. The van der Waals surface area contributed by atoms with E-state index in [1.165, 1.54) is 31.5 Å². The fourth-order valence-electron chi connectivity index (χ4n) is 1.40. The summed E-state index contributed by atoms with van der Waals surface area (Å²) in [6.07, 6.45) is 6.55. The molecule has 1 aliphatic heterocycles. The summed E-state index contributed by atoms with van der Waals surface area (Å²) in [4.78, 5) is 0. The molecule has 1 N–H and O–H groups in total. The summed E-state index contributed by atoms with van der Waals surface area (Å²) in [5.41, 5.74) is 2.09. The third kappa shape index (κ3) is 1.98. The van der Waals surface area contributed by atoms with Gasteiger partial charge in [-0.05, 0) is 31.6 Å². The Labute approximate surface area is 71.4 Å². The van der Waals surface area contributed by atoms with Crippen molar-refractivity contribution in [2.24, 2.45) is 5.41 Å². The molecular formula is C10H21N. The van der Waals surface area contributed by atoms with Gasteiger partial charge in [0.05, 0.1) is 0 Å². The van der Waals surface area contributed by atoms with Crippen LogP contribution in [0.15, 0.2) is 11.8 Å². The van der Waals surface area contributed by atoms with Gasteiger partial charge in [0.2, 0.25) is 0 Å². The van der Waals surface area contributed by atoms with Gasteiger partial charge in [-0.2, -0.15) is 0 Å². The van der Waals surface area contributed by atoms with E-state index in [4.69, 9.17) is 0 Å². The smallest absolute Gasteiger partial charge is 0.0203 e. The van der Waals surface area contributed by atoms with E-state index < -0.39 is 0 Å². The number of nitrogens with one attached hydrogen (secondary N) is 1. The quantitative estimate of drug-likeness (QED) is 0.567. The molecule has 0 saturated heterocycles. The lowest BCUT2D eigenvalue weighted by atomic mass is 9.99. The van der Waals surface area contributed by atoms with E-state index in [9.17, 15) is 0 Å². The fraction of sp³-hybridized carbons (Fsp3) is 0.800. The molecule has 1 saturated carbocycles. The first-order valence-corrected chi connectivity index (χ1v) is 4.71. The molecular weight excluding hydrogens is 134 g/mol. The van der Waals surface area contributed by atoms with Crippen molar-refractivity contribution >= 4 is 0 Å². The number of hydrogen-bond donors (Lipinski definition) is 1. The number of hydrogen-bond acceptors (Lipinski definition) is 1. The van der Waals surface area contributed by atoms with Crippen LogP contribution in [0.2, 0.25) is 0 Å². The second-order valence-electron chi connectivity index (χ2n) is 3.44. The van der Waals surface area contributed by atoms with Gasteiger partial charge >= 0.3 is 0 Å². The maximum Gasteiger partial charge on any atom is 0.0203 e. The highest BCUT2D eigenvalue weighted by Crippen LogP contribution is 2.49. The van der Waals surface area contributed by atoms with Gasteiger partial charge in [0.1, 0.15) is 0 Å². The Kier molecular flexibility index (Phi) is 2.58. The van der Waals surface area contributed by atoms with Gasteiger partial charge in [0, 0.05) is 13.7 Å². The summed E-state index contributed by atoms with van der Waals surface area (Å²) < 4.78 is 0. The minimum Gasteiger partial charge on any atom is -0.388 e. The van der Waals surface area contributed by atoms with Gasteiger partial charge in [0.15, 0.2) is 0 Å². The maximum atomic E-state index is 3.40. The molecule has 1 nitrogen and oxygen atoms in total. The van der Waals surface area contributed by atoms with Crippen LogP contribution >= 0.6 is 0 Å². The van der Waals surface area contributed by atoms with Crippen LogP contribution in [0.5, 0.6) is 0 Å². The van der Waals surface area contributed by atoms with Crippen molar-refractivity contribution in [3.63, 3.8) is 0 Å². The topological polar surface area (TPSA) is 12.0 Å². The van der Waals surface area contributed by atoms with Gasteiger partial charge in [-0.15, -0.1) is 0 Å². The Morgan fingerprint density at radius 1 is 1.45 bits per heavy atom. The zero-order valence-electron chi connectivity index (χ0n) is 7.91. The molecule has 0 amide bonds. The summed E-state index contributed by atoms with van der Waals surface area (Å²) in [6.45, 7) is 7.38. The van der Waals surface area contributed by atoms with Crippen LogP contribution in [0, 0.1) is 5.41 Å². The van der Waals surface area contributed by atoms with E-state index in [2.05, 4.69) is 18.3 Å². The van der Waals surface area contributed by atoms with Crippen molar-refractivity contribution in [3.05, 3.63) is 11.8 Å². The normalized spacial score (nSPS) is 24.5. The SMILES string of the molecule is CC.CC1=CCC2(CC2)CN1.[HH]. The van der Waals surface area contributed by atoms with Crippen LogP contribution in [-0.2, 0) is 0 Å². The first-order chi connectivity index (χ1) is 5.31. The Hall–Kier alpha value is -0.460. The Bertz CT molecular complexity index is 159. The van der Waals surface area contributed by atoms with Gasteiger partial charge in [-0.3, -0.25) is 0 Å². The lowest BCUT2D eigenvalue weighted by molar-refractivity contribution is 0.463. The molecule has 2 aliphatic rings. The van der Waals surface area contributed by atoms with Crippen LogP contribution in [0.4, 0.5) is 0 Å². The van der Waals surface area contributed by atoms with Crippen LogP contribution in [0.1, 0.15) is 41.5 Å². The monoisotopic (exact) mass is 155 g/mol. The van der Waals surface area contributed by atoms with Crippen molar-refractivity contribution in [1.82, 2.24) is 5.32 Å². The summed E-state index contributed by atoms with van der Waals surface area (Å²) in [5.74, 6) is 0. The van der Waals surface area contributed by atoms with E-state index >= 15 is 0 Å². The van der Waals surface area contributed by atoms with E-state index in [-0.39, 0.29) is 1.43 Å². The molecule has 1 fully saturated rings. The molecule has 0 atom stereocenters. The molecule has 1 aliphatic carbocycles. The Balaban J connectivity index is 0.000000378.